The number of alkyl halides is 1. The fourth-order valence-corrected chi connectivity index (χ4v) is 1.99. The predicted molar refractivity (Wildman–Crippen MR) is 79.9 cm³/mol. The Labute approximate surface area is 124 Å². The largest absolute Gasteiger partial charge is 0.493 e. The van der Waals surface area contributed by atoms with Crippen LogP contribution in [0.15, 0.2) is 42.5 Å². The van der Waals surface area contributed by atoms with Crippen molar-refractivity contribution in [2.75, 3.05) is 14.2 Å². The first-order valence-electron chi connectivity index (χ1n) is 6.25. The van der Waals surface area contributed by atoms with Crippen molar-refractivity contribution in [2.45, 2.75) is 12.5 Å². The molecular weight excluding hydrogens is 276 g/mol. The third-order valence-electron chi connectivity index (χ3n) is 2.93. The van der Waals surface area contributed by atoms with E-state index in [1.165, 1.54) is 0 Å². The van der Waals surface area contributed by atoms with Crippen LogP contribution < -0.4 is 14.2 Å². The van der Waals surface area contributed by atoms with E-state index >= 15 is 0 Å². The fraction of sp³-hybridized carbons (Fsp3) is 0.250. The molecule has 0 saturated carbocycles. The van der Waals surface area contributed by atoms with E-state index in [0.29, 0.717) is 24.0 Å². The van der Waals surface area contributed by atoms with Crippen LogP contribution in [0.5, 0.6) is 17.2 Å². The summed E-state index contributed by atoms with van der Waals surface area (Å²) in [5, 5.41) is 0. The highest BCUT2D eigenvalue weighted by Crippen LogP contribution is 2.28. The normalized spacial score (nSPS) is 10.2. The Bertz CT molecular complexity index is 552. The summed E-state index contributed by atoms with van der Waals surface area (Å²) in [5.74, 6) is 2.73. The zero-order chi connectivity index (χ0) is 14.4. The quantitative estimate of drug-likeness (QED) is 0.753. The minimum atomic E-state index is 0.473. The Kier molecular flexibility index (Phi) is 5.13. The lowest BCUT2D eigenvalue weighted by molar-refractivity contribution is 0.303. The molecule has 0 fully saturated rings. The molecule has 0 atom stereocenters. The standard InChI is InChI=1S/C16H17ClO3/c1-18-15-8-5-13(9-16(15)19-2)11-20-14-6-3-12(10-17)4-7-14/h3-9H,10-11H2,1-2H3. The number of benzene rings is 2. The summed E-state index contributed by atoms with van der Waals surface area (Å²) < 4.78 is 16.2. The van der Waals surface area contributed by atoms with Gasteiger partial charge in [-0.15, -0.1) is 11.6 Å². The van der Waals surface area contributed by atoms with Crippen molar-refractivity contribution in [1.82, 2.24) is 0 Å². The summed E-state index contributed by atoms with van der Waals surface area (Å²) in [5.41, 5.74) is 2.09. The van der Waals surface area contributed by atoms with Crippen LogP contribution in [0.25, 0.3) is 0 Å². The molecule has 0 amide bonds. The van der Waals surface area contributed by atoms with Crippen molar-refractivity contribution in [3.05, 3.63) is 53.6 Å². The summed E-state index contributed by atoms with van der Waals surface area (Å²) in [6, 6.07) is 13.5. The molecule has 20 heavy (non-hydrogen) atoms. The molecule has 0 unspecified atom stereocenters. The summed E-state index contributed by atoms with van der Waals surface area (Å²) in [7, 11) is 3.24. The monoisotopic (exact) mass is 292 g/mol. The Hall–Kier alpha value is -1.87. The maximum atomic E-state index is 5.75. The lowest BCUT2D eigenvalue weighted by atomic mass is 10.2. The van der Waals surface area contributed by atoms with Crippen molar-refractivity contribution in [1.29, 1.82) is 0 Å². The molecule has 0 saturated heterocycles. The first kappa shape index (κ1) is 14.5. The highest BCUT2D eigenvalue weighted by molar-refractivity contribution is 6.17. The van der Waals surface area contributed by atoms with E-state index in [1.807, 2.05) is 42.5 Å². The third-order valence-corrected chi connectivity index (χ3v) is 3.24. The van der Waals surface area contributed by atoms with Gasteiger partial charge in [-0.25, -0.2) is 0 Å². The molecule has 0 heterocycles. The molecule has 3 nitrogen and oxygen atoms in total. The topological polar surface area (TPSA) is 27.7 Å². The van der Waals surface area contributed by atoms with Gasteiger partial charge in [0.05, 0.1) is 14.2 Å². The molecular formula is C16H17ClO3. The highest BCUT2D eigenvalue weighted by atomic mass is 35.5. The van der Waals surface area contributed by atoms with E-state index in [0.717, 1.165) is 16.9 Å². The number of rotatable bonds is 6. The molecule has 0 N–H and O–H groups in total. The van der Waals surface area contributed by atoms with Crippen LogP contribution in [0.4, 0.5) is 0 Å². The molecule has 0 aliphatic heterocycles. The second-order valence-corrected chi connectivity index (χ2v) is 4.52. The van der Waals surface area contributed by atoms with Gasteiger partial charge in [-0.05, 0) is 35.4 Å². The van der Waals surface area contributed by atoms with E-state index < -0.39 is 0 Å². The van der Waals surface area contributed by atoms with Gasteiger partial charge in [-0.3, -0.25) is 0 Å². The number of ether oxygens (including phenoxy) is 3. The molecule has 106 valence electrons. The van der Waals surface area contributed by atoms with Crippen LogP contribution in [0.1, 0.15) is 11.1 Å². The van der Waals surface area contributed by atoms with Gasteiger partial charge in [-0.1, -0.05) is 18.2 Å². The molecule has 0 aliphatic carbocycles. The summed E-state index contributed by atoms with van der Waals surface area (Å²) in [6.07, 6.45) is 0. The summed E-state index contributed by atoms with van der Waals surface area (Å²) in [4.78, 5) is 0. The van der Waals surface area contributed by atoms with Gasteiger partial charge in [0.1, 0.15) is 12.4 Å². The SMILES string of the molecule is COc1ccc(COc2ccc(CCl)cc2)cc1OC. The van der Waals surface area contributed by atoms with Crippen LogP contribution in [0.2, 0.25) is 0 Å². The highest BCUT2D eigenvalue weighted by Gasteiger charge is 2.05. The van der Waals surface area contributed by atoms with Gasteiger partial charge >= 0.3 is 0 Å². The molecule has 0 aromatic heterocycles. The van der Waals surface area contributed by atoms with Gasteiger partial charge in [0, 0.05) is 5.88 Å². The van der Waals surface area contributed by atoms with E-state index in [9.17, 15) is 0 Å². The number of methoxy groups -OCH3 is 2. The first-order valence-corrected chi connectivity index (χ1v) is 6.79. The molecule has 4 heteroatoms. The third kappa shape index (κ3) is 3.58. The van der Waals surface area contributed by atoms with Crippen LogP contribution in [0.3, 0.4) is 0 Å². The zero-order valence-corrected chi connectivity index (χ0v) is 12.3. The maximum absolute atomic E-state index is 5.75. The maximum Gasteiger partial charge on any atom is 0.161 e. The zero-order valence-electron chi connectivity index (χ0n) is 11.6. The van der Waals surface area contributed by atoms with Crippen LogP contribution in [0, 0.1) is 0 Å². The van der Waals surface area contributed by atoms with Gasteiger partial charge in [0.2, 0.25) is 0 Å². The van der Waals surface area contributed by atoms with Crippen LogP contribution in [-0.4, -0.2) is 14.2 Å². The average Bonchev–Trinajstić information content (AvgIpc) is 2.53. The molecule has 0 bridgehead atoms. The second-order valence-electron chi connectivity index (χ2n) is 4.26. The van der Waals surface area contributed by atoms with E-state index in [1.54, 1.807) is 14.2 Å². The van der Waals surface area contributed by atoms with Crippen LogP contribution in [-0.2, 0) is 12.5 Å². The van der Waals surface area contributed by atoms with Gasteiger partial charge in [-0.2, -0.15) is 0 Å². The Morgan fingerprint density at radius 2 is 1.50 bits per heavy atom. The Morgan fingerprint density at radius 3 is 2.10 bits per heavy atom. The average molecular weight is 293 g/mol. The number of hydrogen-bond donors (Lipinski definition) is 0. The van der Waals surface area contributed by atoms with Crippen molar-refractivity contribution in [2.24, 2.45) is 0 Å². The van der Waals surface area contributed by atoms with Gasteiger partial charge in [0.25, 0.3) is 0 Å². The van der Waals surface area contributed by atoms with Crippen molar-refractivity contribution in [3.8, 4) is 17.2 Å². The molecule has 2 rings (SSSR count). The fourth-order valence-electron chi connectivity index (χ4n) is 1.81. The van der Waals surface area contributed by atoms with E-state index in [4.69, 9.17) is 25.8 Å². The first-order chi connectivity index (χ1) is 9.76. The molecule has 0 radical (unpaired) electrons. The van der Waals surface area contributed by atoms with Crippen molar-refractivity contribution < 1.29 is 14.2 Å². The van der Waals surface area contributed by atoms with Crippen molar-refractivity contribution >= 4 is 11.6 Å². The van der Waals surface area contributed by atoms with Gasteiger partial charge in [0.15, 0.2) is 11.5 Å². The molecule has 2 aromatic rings. The smallest absolute Gasteiger partial charge is 0.161 e. The summed E-state index contributed by atoms with van der Waals surface area (Å²) >= 11 is 5.75. The van der Waals surface area contributed by atoms with E-state index in [-0.39, 0.29) is 0 Å². The minimum Gasteiger partial charge on any atom is -0.493 e. The van der Waals surface area contributed by atoms with Crippen molar-refractivity contribution in [3.63, 3.8) is 0 Å². The molecule has 2 aromatic carbocycles. The predicted octanol–water partition coefficient (Wildman–Crippen LogP) is 4.02. The number of halogens is 1. The van der Waals surface area contributed by atoms with Crippen LogP contribution >= 0.6 is 11.6 Å². The lowest BCUT2D eigenvalue weighted by Gasteiger charge is -2.11. The number of hydrogen-bond acceptors (Lipinski definition) is 3. The van der Waals surface area contributed by atoms with Gasteiger partial charge < -0.3 is 14.2 Å². The lowest BCUT2D eigenvalue weighted by Crippen LogP contribution is -1.97. The second kappa shape index (κ2) is 7.06. The molecule has 0 aliphatic rings. The molecule has 0 spiro atoms. The Balaban J connectivity index is 2.02. The van der Waals surface area contributed by atoms with E-state index in [2.05, 4.69) is 0 Å². The summed E-state index contributed by atoms with van der Waals surface area (Å²) in [6.45, 7) is 0.473. The minimum absolute atomic E-state index is 0.473. The Morgan fingerprint density at radius 1 is 0.850 bits per heavy atom.